The van der Waals surface area contributed by atoms with Gasteiger partial charge in [-0.3, -0.25) is 4.99 Å². The minimum absolute atomic E-state index is 0.0919. The summed E-state index contributed by atoms with van der Waals surface area (Å²) in [6.07, 6.45) is 9.23. The number of sulfone groups is 1. The fourth-order valence-corrected chi connectivity index (χ4v) is 3.77. The van der Waals surface area contributed by atoms with E-state index in [0.29, 0.717) is 11.3 Å². The minimum atomic E-state index is -3.18. The van der Waals surface area contributed by atoms with Gasteiger partial charge >= 0.3 is 0 Å². The number of aliphatic imine (C=N–C) groups is 1. The number of allylic oxidation sites excluding steroid dienone is 1. The molecule has 0 saturated heterocycles. The average Bonchev–Trinajstić information content (AvgIpc) is 2.96. The van der Waals surface area contributed by atoms with Gasteiger partial charge in [0, 0.05) is 19.1 Å². The predicted octanol–water partition coefficient (Wildman–Crippen LogP) is 2.81. The first-order valence-electron chi connectivity index (χ1n) is 7.83. The number of aliphatic hydroxyl groups is 1. The van der Waals surface area contributed by atoms with Crippen LogP contribution in [0.15, 0.2) is 46.3 Å². The molecule has 2 rings (SSSR count). The molecular formula is C18H25NO3S. The van der Waals surface area contributed by atoms with Crippen LogP contribution in [0.25, 0.3) is 0 Å². The molecule has 1 N–H and O–H groups in total. The van der Waals surface area contributed by atoms with Crippen LogP contribution >= 0.6 is 0 Å². The Morgan fingerprint density at radius 1 is 1.30 bits per heavy atom. The lowest BCUT2D eigenvalue weighted by atomic mass is 9.68. The fourth-order valence-electron chi connectivity index (χ4n) is 3.08. The number of nitrogens with zero attached hydrogens (tertiary/aromatic N) is 1. The molecule has 1 heterocycles. The molecule has 1 unspecified atom stereocenters. The lowest BCUT2D eigenvalue weighted by Crippen LogP contribution is -2.41. The Morgan fingerprint density at radius 2 is 2.04 bits per heavy atom. The van der Waals surface area contributed by atoms with E-state index in [-0.39, 0.29) is 17.6 Å². The first-order valence-corrected chi connectivity index (χ1v) is 9.72. The molecule has 23 heavy (non-hydrogen) atoms. The third kappa shape index (κ3) is 3.90. The number of rotatable bonds is 7. The van der Waals surface area contributed by atoms with Gasteiger partial charge in [-0.15, -0.1) is 0 Å². The van der Waals surface area contributed by atoms with Crippen LogP contribution in [0.3, 0.4) is 0 Å². The molecule has 1 atom stereocenters. The van der Waals surface area contributed by atoms with Crippen molar-refractivity contribution in [1.29, 1.82) is 0 Å². The highest BCUT2D eigenvalue weighted by Gasteiger charge is 2.42. The maximum absolute atomic E-state index is 11.7. The van der Waals surface area contributed by atoms with Crippen molar-refractivity contribution >= 4 is 16.1 Å². The minimum Gasteiger partial charge on any atom is -0.396 e. The molecule has 126 valence electrons. The van der Waals surface area contributed by atoms with Crippen molar-refractivity contribution in [3.8, 4) is 0 Å². The summed E-state index contributed by atoms with van der Waals surface area (Å²) < 4.78 is 23.4. The van der Waals surface area contributed by atoms with Crippen molar-refractivity contribution in [2.45, 2.75) is 43.5 Å². The highest BCUT2D eigenvalue weighted by atomic mass is 32.2. The van der Waals surface area contributed by atoms with E-state index >= 15 is 0 Å². The second-order valence-electron chi connectivity index (χ2n) is 6.84. The van der Waals surface area contributed by atoms with Crippen LogP contribution in [0.1, 0.15) is 32.3 Å². The Bertz CT molecular complexity index is 706. The summed E-state index contributed by atoms with van der Waals surface area (Å²) in [6.45, 7) is 4.39. The monoisotopic (exact) mass is 335 g/mol. The Balaban J connectivity index is 2.16. The van der Waals surface area contributed by atoms with Crippen LogP contribution in [-0.2, 0) is 16.3 Å². The second-order valence-corrected chi connectivity index (χ2v) is 8.85. The molecular weight excluding hydrogens is 310 g/mol. The van der Waals surface area contributed by atoms with Crippen LogP contribution in [-0.4, -0.2) is 38.1 Å². The van der Waals surface area contributed by atoms with Gasteiger partial charge in [0.25, 0.3) is 0 Å². The molecule has 5 heteroatoms. The fraction of sp³-hybridized carbons (Fsp3) is 0.500. The van der Waals surface area contributed by atoms with Gasteiger partial charge in [-0.25, -0.2) is 8.42 Å². The molecule has 1 aliphatic rings. The number of aliphatic hydroxyl groups excluding tert-OH is 1. The summed E-state index contributed by atoms with van der Waals surface area (Å²) in [5.41, 5.74) is 0.488. The van der Waals surface area contributed by atoms with Crippen molar-refractivity contribution in [1.82, 2.24) is 0 Å². The van der Waals surface area contributed by atoms with Crippen LogP contribution in [0.4, 0.5) is 0 Å². The van der Waals surface area contributed by atoms with Crippen LogP contribution < -0.4 is 0 Å². The predicted molar refractivity (Wildman–Crippen MR) is 93.7 cm³/mol. The van der Waals surface area contributed by atoms with Gasteiger partial charge in [0.15, 0.2) is 9.84 Å². The number of benzene rings is 1. The maximum Gasteiger partial charge on any atom is 0.175 e. The van der Waals surface area contributed by atoms with Crippen LogP contribution in [0, 0.1) is 5.41 Å². The van der Waals surface area contributed by atoms with E-state index in [1.165, 1.54) is 6.26 Å². The summed E-state index contributed by atoms with van der Waals surface area (Å²) in [5, 5.41) is 9.39. The topological polar surface area (TPSA) is 66.7 Å². The van der Waals surface area contributed by atoms with E-state index in [1.54, 1.807) is 24.4 Å². The van der Waals surface area contributed by atoms with Gasteiger partial charge in [-0.2, -0.15) is 0 Å². The molecule has 1 aliphatic heterocycles. The molecule has 0 fully saturated rings. The molecule has 0 bridgehead atoms. The van der Waals surface area contributed by atoms with Crippen molar-refractivity contribution in [3.63, 3.8) is 0 Å². The van der Waals surface area contributed by atoms with Crippen LogP contribution in [0.5, 0.6) is 0 Å². The molecule has 0 aliphatic carbocycles. The van der Waals surface area contributed by atoms with E-state index in [4.69, 9.17) is 0 Å². The van der Waals surface area contributed by atoms with E-state index in [9.17, 15) is 13.5 Å². The maximum atomic E-state index is 11.7. The van der Waals surface area contributed by atoms with Gasteiger partial charge in [-0.1, -0.05) is 32.1 Å². The molecule has 0 spiro atoms. The summed E-state index contributed by atoms with van der Waals surface area (Å²) in [5.74, 6) is 0. The largest absolute Gasteiger partial charge is 0.396 e. The normalized spacial score (nSPS) is 21.0. The standard InChI is InChI=1S/C18H25NO3S/c1-17(2,18(11-13-20)9-5-12-19-18)10-8-15-6-4-7-16(14-15)23(3,21)22/h4-7,9,12,14,20H,8,10-11,13H2,1-3H3. The summed E-state index contributed by atoms with van der Waals surface area (Å²) in [6, 6.07) is 7.12. The van der Waals surface area contributed by atoms with Crippen molar-refractivity contribution in [2.75, 3.05) is 12.9 Å². The highest BCUT2D eigenvalue weighted by Crippen LogP contribution is 2.43. The molecule has 1 aromatic carbocycles. The van der Waals surface area contributed by atoms with Crippen molar-refractivity contribution in [2.24, 2.45) is 10.4 Å². The number of hydrogen-bond donors (Lipinski definition) is 1. The van der Waals surface area contributed by atoms with Crippen molar-refractivity contribution in [3.05, 3.63) is 42.0 Å². The molecule has 0 amide bonds. The van der Waals surface area contributed by atoms with E-state index < -0.39 is 9.84 Å². The lowest BCUT2D eigenvalue weighted by Gasteiger charge is -2.41. The first kappa shape index (κ1) is 17.9. The number of aryl methyl sites for hydroxylation is 1. The van der Waals surface area contributed by atoms with E-state index in [2.05, 4.69) is 24.9 Å². The van der Waals surface area contributed by atoms with Gasteiger partial charge in [-0.05, 0) is 48.4 Å². The van der Waals surface area contributed by atoms with E-state index in [1.807, 2.05) is 12.1 Å². The summed E-state index contributed by atoms with van der Waals surface area (Å²) in [7, 11) is -3.18. The number of hydrogen-bond acceptors (Lipinski definition) is 4. The van der Waals surface area contributed by atoms with Gasteiger partial charge < -0.3 is 5.11 Å². The Morgan fingerprint density at radius 3 is 2.61 bits per heavy atom. The Labute approximate surface area is 138 Å². The SMILES string of the molecule is CC(C)(CCc1cccc(S(C)(=O)=O)c1)C1(CCO)C=CC=N1. The smallest absolute Gasteiger partial charge is 0.175 e. The van der Waals surface area contributed by atoms with Crippen molar-refractivity contribution < 1.29 is 13.5 Å². The molecule has 0 aromatic heterocycles. The average molecular weight is 335 g/mol. The zero-order valence-corrected chi connectivity index (χ0v) is 14.8. The zero-order chi connectivity index (χ0) is 17.1. The van der Waals surface area contributed by atoms with Crippen LogP contribution in [0.2, 0.25) is 0 Å². The zero-order valence-electron chi connectivity index (χ0n) is 14.0. The van der Waals surface area contributed by atoms with Gasteiger partial charge in [0.1, 0.15) is 0 Å². The quantitative estimate of drug-likeness (QED) is 0.833. The Kier molecular flexibility index (Phi) is 5.11. The van der Waals surface area contributed by atoms with E-state index in [0.717, 1.165) is 18.4 Å². The summed E-state index contributed by atoms with van der Waals surface area (Å²) in [4.78, 5) is 4.96. The Hall–Kier alpha value is -1.46. The van der Waals surface area contributed by atoms with Gasteiger partial charge in [0.05, 0.1) is 10.4 Å². The third-order valence-corrected chi connectivity index (χ3v) is 5.90. The van der Waals surface area contributed by atoms with Gasteiger partial charge in [0.2, 0.25) is 0 Å². The first-order chi connectivity index (χ1) is 10.7. The highest BCUT2D eigenvalue weighted by molar-refractivity contribution is 7.90. The summed E-state index contributed by atoms with van der Waals surface area (Å²) >= 11 is 0. The third-order valence-electron chi connectivity index (χ3n) is 4.79. The molecule has 4 nitrogen and oxygen atoms in total. The molecule has 0 saturated carbocycles. The lowest BCUT2D eigenvalue weighted by molar-refractivity contribution is 0.153. The molecule has 0 radical (unpaired) electrons. The molecule has 1 aromatic rings. The second kappa shape index (κ2) is 6.57.